The van der Waals surface area contributed by atoms with Crippen molar-refractivity contribution in [3.8, 4) is 0 Å². The van der Waals surface area contributed by atoms with Crippen LogP contribution in [0.1, 0.15) is 34.7 Å². The molecular formula is C14H16FNO. The highest BCUT2D eigenvalue weighted by molar-refractivity contribution is 5.99. The van der Waals surface area contributed by atoms with Crippen LogP contribution in [0.25, 0.3) is 0 Å². The summed E-state index contributed by atoms with van der Waals surface area (Å²) < 4.78 is 14.0. The summed E-state index contributed by atoms with van der Waals surface area (Å²) >= 11 is 0. The number of likely N-dealkylation sites (tertiary alicyclic amines) is 1. The predicted octanol–water partition coefficient (Wildman–Crippen LogP) is 2.45. The second kappa shape index (κ2) is 3.91. The highest BCUT2D eigenvalue weighted by Crippen LogP contribution is 2.41. The maximum Gasteiger partial charge on any atom is 0.163 e. The number of Topliss-reactive ketones (excluding diaryl/α,β-unsaturated/α-hetero) is 1. The van der Waals surface area contributed by atoms with Crippen molar-refractivity contribution in [2.75, 3.05) is 20.1 Å². The lowest BCUT2D eigenvalue weighted by Crippen LogP contribution is -2.40. The van der Waals surface area contributed by atoms with Crippen molar-refractivity contribution >= 4 is 5.78 Å². The number of nitrogens with zero attached hydrogens (tertiary/aromatic N) is 1. The largest absolute Gasteiger partial charge is 0.306 e. The molecule has 0 amide bonds. The normalized spacial score (nSPS) is 28.7. The first kappa shape index (κ1) is 10.9. The molecule has 0 radical (unpaired) electrons. The number of hydrogen-bond acceptors (Lipinski definition) is 2. The van der Waals surface area contributed by atoms with Gasteiger partial charge in [0.15, 0.2) is 5.78 Å². The number of fused-ring (bicyclic) bond motifs is 3. The number of benzene rings is 1. The number of carbonyl (C=O) groups is 1. The van der Waals surface area contributed by atoms with E-state index in [2.05, 4.69) is 11.9 Å². The van der Waals surface area contributed by atoms with Gasteiger partial charge in [-0.3, -0.25) is 4.79 Å². The first-order valence-electron chi connectivity index (χ1n) is 6.17. The van der Waals surface area contributed by atoms with E-state index >= 15 is 0 Å². The van der Waals surface area contributed by atoms with E-state index in [1.54, 1.807) is 12.1 Å². The number of rotatable bonds is 0. The van der Waals surface area contributed by atoms with E-state index in [4.69, 9.17) is 0 Å². The summed E-state index contributed by atoms with van der Waals surface area (Å²) in [5, 5.41) is 0. The van der Waals surface area contributed by atoms with Crippen LogP contribution in [0, 0.1) is 11.7 Å². The minimum atomic E-state index is -0.208. The fourth-order valence-electron chi connectivity index (χ4n) is 3.24. The molecule has 1 fully saturated rings. The summed E-state index contributed by atoms with van der Waals surface area (Å²) in [6.07, 6.45) is 1.59. The van der Waals surface area contributed by atoms with Crippen molar-refractivity contribution in [1.82, 2.24) is 4.90 Å². The van der Waals surface area contributed by atoms with E-state index in [-0.39, 0.29) is 17.5 Å². The maximum absolute atomic E-state index is 14.0. The third-order valence-corrected chi connectivity index (χ3v) is 4.13. The summed E-state index contributed by atoms with van der Waals surface area (Å²) in [5.74, 6) is 0.442. The molecule has 2 nitrogen and oxygen atoms in total. The lowest BCUT2D eigenvalue weighted by Gasteiger charge is -2.40. The first-order valence-corrected chi connectivity index (χ1v) is 6.17. The Morgan fingerprint density at radius 2 is 2.24 bits per heavy atom. The molecule has 0 aromatic heterocycles. The van der Waals surface area contributed by atoms with Gasteiger partial charge in [0.05, 0.1) is 0 Å². The van der Waals surface area contributed by atoms with Gasteiger partial charge in [-0.05, 0) is 32.0 Å². The molecule has 1 saturated heterocycles. The second-order valence-corrected chi connectivity index (χ2v) is 5.25. The molecule has 3 rings (SSSR count). The van der Waals surface area contributed by atoms with Gasteiger partial charge < -0.3 is 4.90 Å². The highest BCUT2D eigenvalue weighted by Gasteiger charge is 2.38. The van der Waals surface area contributed by atoms with Crippen molar-refractivity contribution in [1.29, 1.82) is 0 Å². The van der Waals surface area contributed by atoms with Crippen molar-refractivity contribution < 1.29 is 9.18 Å². The Labute approximate surface area is 100 Å². The predicted molar refractivity (Wildman–Crippen MR) is 63.7 cm³/mol. The zero-order valence-electron chi connectivity index (χ0n) is 9.95. The molecule has 90 valence electrons. The van der Waals surface area contributed by atoms with Gasteiger partial charge in [-0.15, -0.1) is 0 Å². The standard InChI is InChI=1S/C14H16FNO/c1-16-6-5-9-7-13(17)10-3-2-4-12(15)14(10)11(9)8-16/h2-4,9,11H,5-8H2,1H3/t9-,11+/m1/s1. The topological polar surface area (TPSA) is 20.3 Å². The van der Waals surface area contributed by atoms with Gasteiger partial charge in [0, 0.05) is 30.0 Å². The van der Waals surface area contributed by atoms with Crippen LogP contribution in [0.4, 0.5) is 4.39 Å². The van der Waals surface area contributed by atoms with Gasteiger partial charge in [-0.25, -0.2) is 4.39 Å². The van der Waals surface area contributed by atoms with E-state index in [0.717, 1.165) is 19.5 Å². The first-order chi connectivity index (χ1) is 8.16. The molecule has 2 atom stereocenters. The third kappa shape index (κ3) is 1.69. The molecular weight excluding hydrogens is 217 g/mol. The smallest absolute Gasteiger partial charge is 0.163 e. The Balaban J connectivity index is 2.10. The van der Waals surface area contributed by atoms with E-state index in [9.17, 15) is 9.18 Å². The average Bonchev–Trinajstić information content (AvgIpc) is 2.30. The Morgan fingerprint density at radius 1 is 1.41 bits per heavy atom. The SMILES string of the molecule is CN1CC[C@@H]2CC(=O)c3cccc(F)c3[C@H]2C1. The van der Waals surface area contributed by atoms with Crippen molar-refractivity contribution in [3.63, 3.8) is 0 Å². The number of ketones is 1. The molecule has 1 heterocycles. The lowest BCUT2D eigenvalue weighted by molar-refractivity contribution is 0.0883. The molecule has 0 spiro atoms. The molecule has 0 bridgehead atoms. The van der Waals surface area contributed by atoms with E-state index in [1.165, 1.54) is 6.07 Å². The fraction of sp³-hybridized carbons (Fsp3) is 0.500. The van der Waals surface area contributed by atoms with Gasteiger partial charge in [0.25, 0.3) is 0 Å². The van der Waals surface area contributed by atoms with Crippen molar-refractivity contribution in [3.05, 3.63) is 35.1 Å². The molecule has 0 saturated carbocycles. The minimum absolute atomic E-state index is 0.116. The van der Waals surface area contributed by atoms with E-state index in [1.807, 2.05) is 0 Å². The molecule has 0 N–H and O–H groups in total. The summed E-state index contributed by atoms with van der Waals surface area (Å²) in [5.41, 5.74) is 1.28. The number of hydrogen-bond donors (Lipinski definition) is 0. The van der Waals surface area contributed by atoms with Crippen LogP contribution >= 0.6 is 0 Å². The molecule has 0 unspecified atom stereocenters. The monoisotopic (exact) mass is 233 g/mol. The maximum atomic E-state index is 14.0. The van der Waals surface area contributed by atoms with Crippen molar-refractivity contribution in [2.45, 2.75) is 18.8 Å². The van der Waals surface area contributed by atoms with Gasteiger partial charge >= 0.3 is 0 Å². The molecule has 1 aromatic carbocycles. The van der Waals surface area contributed by atoms with Gasteiger partial charge in [-0.2, -0.15) is 0 Å². The highest BCUT2D eigenvalue weighted by atomic mass is 19.1. The van der Waals surface area contributed by atoms with Crippen LogP contribution in [0.5, 0.6) is 0 Å². The Kier molecular flexibility index (Phi) is 2.51. The third-order valence-electron chi connectivity index (χ3n) is 4.13. The summed E-state index contributed by atoms with van der Waals surface area (Å²) in [4.78, 5) is 14.2. The van der Waals surface area contributed by atoms with E-state index < -0.39 is 0 Å². The summed E-state index contributed by atoms with van der Waals surface area (Å²) in [6.45, 7) is 1.88. The van der Waals surface area contributed by atoms with Crippen LogP contribution in [-0.4, -0.2) is 30.8 Å². The number of piperidine rings is 1. The number of carbonyl (C=O) groups excluding carboxylic acids is 1. The van der Waals surface area contributed by atoms with Crippen LogP contribution in [-0.2, 0) is 0 Å². The van der Waals surface area contributed by atoms with Crippen molar-refractivity contribution in [2.24, 2.45) is 5.92 Å². The van der Waals surface area contributed by atoms with Gasteiger partial charge in [0.2, 0.25) is 0 Å². The summed E-state index contributed by atoms with van der Waals surface area (Å²) in [7, 11) is 2.06. The van der Waals surface area contributed by atoms with Crippen LogP contribution in [0.15, 0.2) is 18.2 Å². The molecule has 2 aliphatic rings. The van der Waals surface area contributed by atoms with E-state index in [0.29, 0.717) is 23.5 Å². The molecule has 1 aliphatic heterocycles. The van der Waals surface area contributed by atoms with Crippen LogP contribution in [0.2, 0.25) is 0 Å². The Bertz CT molecular complexity index is 471. The van der Waals surface area contributed by atoms with Gasteiger partial charge in [-0.1, -0.05) is 12.1 Å². The number of halogens is 1. The lowest BCUT2D eigenvalue weighted by atomic mass is 9.71. The zero-order valence-corrected chi connectivity index (χ0v) is 9.95. The quantitative estimate of drug-likeness (QED) is 0.686. The van der Waals surface area contributed by atoms with Crippen LogP contribution in [0.3, 0.4) is 0 Å². The van der Waals surface area contributed by atoms with Gasteiger partial charge in [0.1, 0.15) is 5.82 Å². The molecule has 1 aromatic rings. The average molecular weight is 233 g/mol. The molecule has 3 heteroatoms. The Morgan fingerprint density at radius 3 is 3.06 bits per heavy atom. The summed E-state index contributed by atoms with van der Waals surface area (Å²) in [6, 6.07) is 4.88. The van der Waals surface area contributed by atoms with Crippen LogP contribution < -0.4 is 0 Å². The molecule has 17 heavy (non-hydrogen) atoms. The number of likely N-dealkylation sites (N-methyl/N-ethyl adjacent to an activating group) is 1. The minimum Gasteiger partial charge on any atom is -0.306 e. The molecule has 1 aliphatic carbocycles. The second-order valence-electron chi connectivity index (χ2n) is 5.25. The zero-order chi connectivity index (χ0) is 12.0. The fourth-order valence-corrected chi connectivity index (χ4v) is 3.24. The Hall–Kier alpha value is -1.22.